The maximum atomic E-state index is 13.5. The molecule has 1 aliphatic heterocycles. The molecule has 3 aromatic carbocycles. The van der Waals surface area contributed by atoms with Crippen LogP contribution in [0.2, 0.25) is 0 Å². The highest BCUT2D eigenvalue weighted by Crippen LogP contribution is 2.37. The molecule has 0 radical (unpaired) electrons. The van der Waals surface area contributed by atoms with Crippen LogP contribution in [0.25, 0.3) is 10.8 Å². The van der Waals surface area contributed by atoms with Gasteiger partial charge in [-0.1, -0.05) is 54.6 Å². The third kappa shape index (κ3) is 6.40. The Balaban J connectivity index is 1.43. The molecule has 4 aromatic rings. The molecule has 2 atom stereocenters. The van der Waals surface area contributed by atoms with Gasteiger partial charge in [0.15, 0.2) is 0 Å². The first kappa shape index (κ1) is 29.1. The average Bonchev–Trinajstić information content (AvgIpc) is 2.96. The lowest BCUT2D eigenvalue weighted by Crippen LogP contribution is -2.52. The number of halogens is 6. The number of carbonyl (C=O) groups is 2. The van der Waals surface area contributed by atoms with E-state index in [-0.39, 0.29) is 37.6 Å². The number of alkyl halides is 6. The molecule has 218 valence electrons. The van der Waals surface area contributed by atoms with Gasteiger partial charge in [0.1, 0.15) is 5.69 Å². The van der Waals surface area contributed by atoms with Crippen molar-refractivity contribution in [1.29, 1.82) is 0 Å². The molecular formula is C31H25F6N3O2. The van der Waals surface area contributed by atoms with E-state index in [0.29, 0.717) is 17.5 Å². The van der Waals surface area contributed by atoms with Crippen LogP contribution in [0.15, 0.2) is 85.1 Å². The third-order valence-electron chi connectivity index (χ3n) is 7.35. The second kappa shape index (κ2) is 11.5. The number of nitrogens with zero attached hydrogens (tertiary/aromatic N) is 2. The monoisotopic (exact) mass is 585 g/mol. The van der Waals surface area contributed by atoms with E-state index >= 15 is 0 Å². The van der Waals surface area contributed by atoms with Crippen LogP contribution in [-0.4, -0.2) is 40.3 Å². The molecule has 2 amide bonds. The second-order valence-corrected chi connectivity index (χ2v) is 10.2. The fourth-order valence-corrected chi connectivity index (χ4v) is 5.33. The van der Waals surface area contributed by atoms with Gasteiger partial charge < -0.3 is 10.2 Å². The minimum Gasteiger partial charge on any atom is -0.348 e. The van der Waals surface area contributed by atoms with Gasteiger partial charge in [-0.05, 0) is 54.5 Å². The lowest BCUT2D eigenvalue weighted by Gasteiger charge is -2.40. The Hall–Kier alpha value is -4.41. The smallest absolute Gasteiger partial charge is 0.348 e. The van der Waals surface area contributed by atoms with Crippen molar-refractivity contribution < 1.29 is 35.9 Å². The highest BCUT2D eigenvalue weighted by Gasteiger charge is 2.39. The zero-order valence-corrected chi connectivity index (χ0v) is 22.0. The summed E-state index contributed by atoms with van der Waals surface area (Å²) in [4.78, 5) is 32.3. The molecule has 5 nitrogen and oxygen atoms in total. The van der Waals surface area contributed by atoms with E-state index in [9.17, 15) is 35.9 Å². The number of pyridine rings is 1. The molecule has 0 spiro atoms. The Kier molecular flexibility index (Phi) is 7.94. The van der Waals surface area contributed by atoms with E-state index in [2.05, 4.69) is 10.3 Å². The Morgan fingerprint density at radius 3 is 2.17 bits per heavy atom. The van der Waals surface area contributed by atoms with Crippen LogP contribution in [0.1, 0.15) is 50.4 Å². The fourth-order valence-electron chi connectivity index (χ4n) is 5.33. The molecule has 1 N–H and O–H groups in total. The van der Waals surface area contributed by atoms with Crippen LogP contribution in [-0.2, 0) is 18.8 Å². The van der Waals surface area contributed by atoms with Crippen molar-refractivity contribution in [2.24, 2.45) is 0 Å². The van der Waals surface area contributed by atoms with Crippen LogP contribution in [0, 0.1) is 0 Å². The number of likely N-dealkylation sites (tertiary alicyclic amines) is 1. The van der Waals surface area contributed by atoms with Gasteiger partial charge in [0, 0.05) is 35.8 Å². The summed E-state index contributed by atoms with van der Waals surface area (Å²) in [5, 5.41) is 4.46. The SMILES string of the molecule is O=C(NC1CCN(C(=O)c2cc(C(F)(F)F)cc(C(F)(F)F)c2)C(Cc2ccccc2)C1)c1nccc2ccccc12. The number of hydrogen-bond acceptors (Lipinski definition) is 3. The largest absolute Gasteiger partial charge is 0.416 e. The number of nitrogens with one attached hydrogen (secondary N) is 1. The Bertz CT molecular complexity index is 1570. The number of benzene rings is 3. The maximum Gasteiger partial charge on any atom is 0.416 e. The molecule has 1 aliphatic rings. The van der Waals surface area contributed by atoms with Crippen LogP contribution >= 0.6 is 0 Å². The highest BCUT2D eigenvalue weighted by atomic mass is 19.4. The van der Waals surface area contributed by atoms with Crippen LogP contribution < -0.4 is 5.32 Å². The molecular weight excluding hydrogens is 560 g/mol. The molecule has 1 saturated heterocycles. The van der Waals surface area contributed by atoms with Gasteiger partial charge in [-0.15, -0.1) is 0 Å². The van der Waals surface area contributed by atoms with Gasteiger partial charge in [-0.2, -0.15) is 26.3 Å². The van der Waals surface area contributed by atoms with Crippen molar-refractivity contribution in [3.63, 3.8) is 0 Å². The summed E-state index contributed by atoms with van der Waals surface area (Å²) in [6, 6.07) is 17.9. The van der Waals surface area contributed by atoms with E-state index in [4.69, 9.17) is 0 Å². The number of rotatable bonds is 5. The summed E-state index contributed by atoms with van der Waals surface area (Å²) in [7, 11) is 0. The van der Waals surface area contributed by atoms with E-state index in [0.717, 1.165) is 10.9 Å². The molecule has 11 heteroatoms. The first-order chi connectivity index (χ1) is 19.9. The summed E-state index contributed by atoms with van der Waals surface area (Å²) in [5.41, 5.74) is -2.74. The zero-order chi connectivity index (χ0) is 30.1. The molecule has 0 aliphatic carbocycles. The predicted molar refractivity (Wildman–Crippen MR) is 144 cm³/mol. The first-order valence-corrected chi connectivity index (χ1v) is 13.2. The van der Waals surface area contributed by atoms with Crippen LogP contribution in [0.5, 0.6) is 0 Å². The van der Waals surface area contributed by atoms with Crippen molar-refractivity contribution in [1.82, 2.24) is 15.2 Å². The normalized spacial score (nSPS) is 17.7. The lowest BCUT2D eigenvalue weighted by molar-refractivity contribution is -0.143. The van der Waals surface area contributed by atoms with Gasteiger partial charge >= 0.3 is 12.4 Å². The first-order valence-electron chi connectivity index (χ1n) is 13.2. The maximum absolute atomic E-state index is 13.5. The molecule has 1 aromatic heterocycles. The predicted octanol–water partition coefficient (Wildman–Crippen LogP) is 6.92. The summed E-state index contributed by atoms with van der Waals surface area (Å²) in [5.74, 6) is -1.35. The van der Waals surface area contributed by atoms with Gasteiger partial charge in [0.2, 0.25) is 0 Å². The van der Waals surface area contributed by atoms with E-state index < -0.39 is 52.9 Å². The van der Waals surface area contributed by atoms with E-state index in [1.807, 2.05) is 24.3 Å². The fraction of sp³-hybridized carbons (Fsp3) is 0.258. The molecule has 2 heterocycles. The lowest BCUT2D eigenvalue weighted by atomic mass is 9.91. The topological polar surface area (TPSA) is 62.3 Å². The number of carbonyl (C=O) groups excluding carboxylic acids is 2. The summed E-state index contributed by atoms with van der Waals surface area (Å²) in [6.45, 7) is 0.0157. The van der Waals surface area contributed by atoms with Crippen LogP contribution in [0.3, 0.4) is 0 Å². The Morgan fingerprint density at radius 2 is 1.50 bits per heavy atom. The summed E-state index contributed by atoms with van der Waals surface area (Å²) in [6.07, 6.45) is -7.85. The minimum absolute atomic E-state index is 0.00131. The van der Waals surface area contributed by atoms with Gasteiger partial charge in [-0.25, -0.2) is 0 Å². The van der Waals surface area contributed by atoms with E-state index in [1.165, 1.54) is 11.1 Å². The van der Waals surface area contributed by atoms with Crippen molar-refractivity contribution in [2.45, 2.75) is 43.7 Å². The summed E-state index contributed by atoms with van der Waals surface area (Å²) >= 11 is 0. The van der Waals surface area contributed by atoms with Crippen molar-refractivity contribution in [3.05, 3.63) is 113 Å². The minimum atomic E-state index is -5.08. The summed E-state index contributed by atoms with van der Waals surface area (Å²) < 4.78 is 80.9. The second-order valence-electron chi connectivity index (χ2n) is 10.2. The van der Waals surface area contributed by atoms with E-state index in [1.54, 1.807) is 36.4 Å². The molecule has 5 rings (SSSR count). The molecule has 2 unspecified atom stereocenters. The van der Waals surface area contributed by atoms with Crippen molar-refractivity contribution >= 4 is 22.6 Å². The zero-order valence-electron chi connectivity index (χ0n) is 22.0. The standard InChI is InChI=1S/C31H25F6N3O2/c32-30(33,34)22-15-21(16-23(17-22)31(35,36)37)29(42)40-13-11-24(18-25(40)14-19-6-2-1-3-7-19)39-28(41)27-26-9-5-4-8-20(26)10-12-38-27/h1-10,12,15-17,24-25H,11,13-14,18H2,(H,39,41). The van der Waals surface area contributed by atoms with Gasteiger partial charge in [0.05, 0.1) is 11.1 Å². The number of aromatic nitrogens is 1. The van der Waals surface area contributed by atoms with Crippen molar-refractivity contribution in [3.8, 4) is 0 Å². The highest BCUT2D eigenvalue weighted by molar-refractivity contribution is 6.05. The quantitative estimate of drug-likeness (QED) is 0.259. The molecule has 1 fully saturated rings. The van der Waals surface area contributed by atoms with Gasteiger partial charge in [0.25, 0.3) is 11.8 Å². The number of hydrogen-bond donors (Lipinski definition) is 1. The van der Waals surface area contributed by atoms with Gasteiger partial charge in [-0.3, -0.25) is 14.6 Å². The molecule has 42 heavy (non-hydrogen) atoms. The number of piperidine rings is 1. The Labute approximate surface area is 237 Å². The average molecular weight is 586 g/mol. The van der Waals surface area contributed by atoms with Crippen LogP contribution in [0.4, 0.5) is 26.3 Å². The third-order valence-corrected chi connectivity index (χ3v) is 7.35. The molecule has 0 saturated carbocycles. The van der Waals surface area contributed by atoms with Crippen molar-refractivity contribution in [2.75, 3.05) is 6.54 Å². The number of amides is 2. The number of fused-ring (bicyclic) bond motifs is 1. The molecule has 0 bridgehead atoms. The Morgan fingerprint density at radius 1 is 0.857 bits per heavy atom.